The van der Waals surface area contributed by atoms with E-state index < -0.39 is 0 Å². The van der Waals surface area contributed by atoms with Crippen molar-refractivity contribution in [2.75, 3.05) is 0 Å². The molecule has 3 heterocycles. The smallest absolute Gasteiger partial charge is 0.138 e. The second-order valence-electron chi connectivity index (χ2n) is 10.5. The fourth-order valence-corrected chi connectivity index (χ4v) is 5.92. The van der Waals surface area contributed by atoms with Crippen LogP contribution in [0.5, 0.6) is 0 Å². The van der Waals surface area contributed by atoms with E-state index in [1.165, 1.54) is 49.3 Å². The summed E-state index contributed by atoms with van der Waals surface area (Å²) in [6.07, 6.45) is 16.0. The summed E-state index contributed by atoms with van der Waals surface area (Å²) >= 11 is 0. The van der Waals surface area contributed by atoms with Gasteiger partial charge in [-0.15, -0.1) is 0 Å². The number of nitrogens with zero attached hydrogens (tertiary/aromatic N) is 2. The maximum absolute atomic E-state index is 14.0. The highest BCUT2D eigenvalue weighted by atomic mass is 19.1. The molecule has 196 valence electrons. The molecule has 2 aromatic carbocycles. The summed E-state index contributed by atoms with van der Waals surface area (Å²) in [6.45, 7) is 6.20. The highest BCUT2D eigenvalue weighted by molar-refractivity contribution is 6.00. The predicted molar refractivity (Wildman–Crippen MR) is 160 cm³/mol. The van der Waals surface area contributed by atoms with Gasteiger partial charge in [0.2, 0.25) is 0 Å². The quantitative estimate of drug-likeness (QED) is 0.212. The molecule has 4 nitrogen and oxygen atoms in total. The number of fused-ring (bicyclic) bond motifs is 2. The average molecular weight is 517 g/mol. The molecular weight excluding hydrogens is 483 g/mol. The van der Waals surface area contributed by atoms with Gasteiger partial charge in [0.1, 0.15) is 17.2 Å². The Balaban J connectivity index is 1.37. The van der Waals surface area contributed by atoms with Crippen molar-refractivity contribution in [3.05, 3.63) is 103 Å². The first-order valence-electron chi connectivity index (χ1n) is 13.8. The Morgan fingerprint density at radius 1 is 1.05 bits per heavy atom. The van der Waals surface area contributed by atoms with E-state index in [2.05, 4.69) is 70.1 Å². The molecule has 0 amide bonds. The summed E-state index contributed by atoms with van der Waals surface area (Å²) in [7, 11) is 0. The van der Waals surface area contributed by atoms with Crippen LogP contribution >= 0.6 is 0 Å². The Morgan fingerprint density at radius 2 is 1.92 bits per heavy atom. The van der Waals surface area contributed by atoms with Crippen LogP contribution in [-0.2, 0) is 0 Å². The molecule has 3 aromatic heterocycles. The first-order chi connectivity index (χ1) is 19.1. The number of pyridine rings is 1. The van der Waals surface area contributed by atoms with E-state index in [1.807, 2.05) is 18.2 Å². The first-order valence-corrected chi connectivity index (χ1v) is 13.8. The van der Waals surface area contributed by atoms with Gasteiger partial charge in [-0.1, -0.05) is 75.1 Å². The number of hydrogen-bond donors (Lipinski definition) is 2. The highest BCUT2D eigenvalue weighted by Crippen LogP contribution is 2.35. The van der Waals surface area contributed by atoms with Crippen LogP contribution in [0.4, 0.5) is 4.39 Å². The number of aromatic nitrogens is 4. The van der Waals surface area contributed by atoms with Gasteiger partial charge in [0.25, 0.3) is 0 Å². The van der Waals surface area contributed by atoms with Crippen molar-refractivity contribution in [1.82, 2.24) is 20.2 Å². The third kappa shape index (κ3) is 5.09. The largest absolute Gasteiger partial charge is 0.338 e. The molecule has 2 N–H and O–H groups in total. The van der Waals surface area contributed by atoms with Crippen LogP contribution < -0.4 is 0 Å². The molecular formula is C34H33FN4. The molecule has 0 bridgehead atoms. The number of benzene rings is 2. The van der Waals surface area contributed by atoms with Crippen molar-refractivity contribution in [2.24, 2.45) is 5.92 Å². The van der Waals surface area contributed by atoms with Crippen molar-refractivity contribution in [1.29, 1.82) is 0 Å². The maximum atomic E-state index is 14.0. The number of allylic oxidation sites excluding steroid dienone is 5. The Bertz CT molecular complexity index is 1710. The molecule has 0 saturated heterocycles. The lowest BCUT2D eigenvalue weighted by Gasteiger charge is -2.22. The van der Waals surface area contributed by atoms with Crippen molar-refractivity contribution >= 4 is 27.5 Å². The van der Waals surface area contributed by atoms with E-state index in [4.69, 9.17) is 0 Å². The number of hydrogen-bond acceptors (Lipinski definition) is 2. The van der Waals surface area contributed by atoms with Gasteiger partial charge in [0, 0.05) is 17.0 Å². The van der Waals surface area contributed by atoms with E-state index in [-0.39, 0.29) is 5.82 Å². The molecule has 0 unspecified atom stereocenters. The zero-order valence-corrected chi connectivity index (χ0v) is 22.3. The van der Waals surface area contributed by atoms with Crippen LogP contribution in [0.3, 0.4) is 0 Å². The zero-order chi connectivity index (χ0) is 26.8. The normalized spacial score (nSPS) is 15.3. The summed E-state index contributed by atoms with van der Waals surface area (Å²) in [6, 6.07) is 17.1. The minimum atomic E-state index is -0.258. The van der Waals surface area contributed by atoms with E-state index in [9.17, 15) is 4.39 Å². The average Bonchev–Trinajstić information content (AvgIpc) is 3.59. The number of halogens is 1. The molecule has 39 heavy (non-hydrogen) atoms. The zero-order valence-electron chi connectivity index (χ0n) is 22.3. The van der Waals surface area contributed by atoms with Gasteiger partial charge in [0.15, 0.2) is 0 Å². The molecule has 1 fully saturated rings. The van der Waals surface area contributed by atoms with Crippen LogP contribution in [-0.4, -0.2) is 20.2 Å². The van der Waals surface area contributed by atoms with Crippen LogP contribution in [0.15, 0.2) is 91.2 Å². The molecule has 0 radical (unpaired) electrons. The van der Waals surface area contributed by atoms with Crippen molar-refractivity contribution in [3.8, 4) is 22.5 Å². The van der Waals surface area contributed by atoms with Crippen molar-refractivity contribution in [3.63, 3.8) is 0 Å². The Labute approximate surface area is 228 Å². The maximum Gasteiger partial charge on any atom is 0.138 e. The second kappa shape index (κ2) is 10.9. The topological polar surface area (TPSA) is 57.4 Å². The van der Waals surface area contributed by atoms with Crippen LogP contribution in [0.2, 0.25) is 0 Å². The van der Waals surface area contributed by atoms with Crippen LogP contribution in [0.1, 0.15) is 51.0 Å². The van der Waals surface area contributed by atoms with Gasteiger partial charge in [-0.2, -0.15) is 5.10 Å². The molecule has 0 spiro atoms. The Hall–Kier alpha value is -4.25. The molecule has 6 rings (SSSR count). The monoisotopic (exact) mass is 516 g/mol. The number of rotatable bonds is 7. The molecule has 5 aromatic rings. The summed E-state index contributed by atoms with van der Waals surface area (Å²) in [5.74, 6) is 0.503. The van der Waals surface area contributed by atoms with E-state index in [0.717, 1.165) is 62.4 Å². The Kier molecular flexibility index (Phi) is 6.97. The predicted octanol–water partition coefficient (Wildman–Crippen LogP) is 9.40. The first kappa shape index (κ1) is 25.1. The van der Waals surface area contributed by atoms with Crippen molar-refractivity contribution < 1.29 is 4.39 Å². The summed E-state index contributed by atoms with van der Waals surface area (Å²) in [5, 5.41) is 9.81. The van der Waals surface area contributed by atoms with Gasteiger partial charge in [0.05, 0.1) is 11.2 Å². The molecule has 1 aliphatic rings. The minimum Gasteiger partial charge on any atom is -0.338 e. The van der Waals surface area contributed by atoms with Crippen molar-refractivity contribution in [2.45, 2.75) is 45.4 Å². The third-order valence-corrected chi connectivity index (χ3v) is 7.98. The number of H-pyrrole nitrogens is 2. The van der Waals surface area contributed by atoms with Crippen LogP contribution in [0.25, 0.3) is 50.0 Å². The third-order valence-electron chi connectivity index (χ3n) is 7.98. The fraction of sp³-hybridized carbons (Fsp3) is 0.235. The van der Waals surface area contributed by atoms with Gasteiger partial charge in [-0.05, 0) is 83.5 Å². The molecule has 5 heteroatoms. The highest BCUT2D eigenvalue weighted by Gasteiger charge is 2.17. The van der Waals surface area contributed by atoms with Gasteiger partial charge in [-0.3, -0.25) is 5.10 Å². The van der Waals surface area contributed by atoms with Gasteiger partial charge in [-0.25, -0.2) is 9.37 Å². The second-order valence-corrected chi connectivity index (χ2v) is 10.5. The minimum absolute atomic E-state index is 0.258. The van der Waals surface area contributed by atoms with Gasteiger partial charge < -0.3 is 4.98 Å². The molecule has 0 aliphatic heterocycles. The molecule has 1 saturated carbocycles. The lowest BCUT2D eigenvalue weighted by Crippen LogP contribution is -2.06. The molecule has 1 aliphatic carbocycles. The SMILES string of the molecule is C=C/C(=C\C(=C/C)c1ccc2[nH]nc(-c3cc4c(-c5cccc(F)c5)ccnc4[nH]3)c2c1)CC1CCCCC1. The summed E-state index contributed by atoms with van der Waals surface area (Å²) in [4.78, 5) is 7.97. The lowest BCUT2D eigenvalue weighted by atomic mass is 9.84. The van der Waals surface area contributed by atoms with E-state index in [1.54, 1.807) is 18.3 Å². The fourth-order valence-electron chi connectivity index (χ4n) is 5.92. The lowest BCUT2D eigenvalue weighted by molar-refractivity contribution is 0.358. The van der Waals surface area contributed by atoms with E-state index >= 15 is 0 Å². The van der Waals surface area contributed by atoms with Crippen LogP contribution in [0, 0.1) is 11.7 Å². The van der Waals surface area contributed by atoms with Gasteiger partial charge >= 0.3 is 0 Å². The van der Waals surface area contributed by atoms with E-state index in [0.29, 0.717) is 0 Å². The summed E-state index contributed by atoms with van der Waals surface area (Å²) < 4.78 is 14.0. The standard InChI is InChI=1S/C34H33FN4/c1-3-22(17-23-9-6-5-7-10-23)18-24(4-2)25-13-14-31-30(20-25)33(39-38-31)32-21-29-28(15-16-36-34(29)37-32)26-11-8-12-27(35)19-26/h3-4,8,11-16,18-21,23H,1,5-7,9-10,17H2,2H3,(H,36,37)(H,38,39)/b22-18+,24-4+. The Morgan fingerprint density at radius 3 is 2.72 bits per heavy atom. The number of aromatic amines is 2. The number of nitrogens with one attached hydrogen (secondary N) is 2. The molecule has 0 atom stereocenters. The summed E-state index contributed by atoms with van der Waals surface area (Å²) in [5.41, 5.74) is 8.79.